The zero-order valence-electron chi connectivity index (χ0n) is 40.7. The Morgan fingerprint density at radius 2 is 0.898 bits per heavy atom. The molecule has 0 spiro atoms. The van der Waals surface area contributed by atoms with Gasteiger partial charge < -0.3 is 24.6 Å². The quantitative estimate of drug-likeness (QED) is 0.0281. The van der Waals surface area contributed by atoms with E-state index >= 15 is 0 Å². The average molecular weight is 854 g/mol. The van der Waals surface area contributed by atoms with Gasteiger partial charge in [0.15, 0.2) is 5.11 Å². The number of nitrogens with zero attached hydrogens (tertiary/aromatic N) is 2. The number of unbranched alkanes of at least 4 members (excludes halogenated alkanes) is 24. The minimum atomic E-state index is 0.0142. The second-order valence-electron chi connectivity index (χ2n) is 17.7. The number of thiocarbonyl (C=S) groups is 1. The van der Waals surface area contributed by atoms with E-state index in [1.165, 1.54) is 186 Å². The van der Waals surface area contributed by atoms with Gasteiger partial charge in [-0.05, 0) is 102 Å². The third-order valence-electron chi connectivity index (χ3n) is 11.7. The van der Waals surface area contributed by atoms with Crippen LogP contribution in [0.1, 0.15) is 259 Å². The number of esters is 1. The normalized spacial score (nSPS) is 11.7. The third-order valence-corrected chi connectivity index (χ3v) is 12.2. The van der Waals surface area contributed by atoms with E-state index in [9.17, 15) is 9.59 Å². The molecule has 1 atom stereocenters. The van der Waals surface area contributed by atoms with Crippen LogP contribution >= 0.6 is 12.2 Å². The van der Waals surface area contributed by atoms with Gasteiger partial charge in [0, 0.05) is 27.1 Å². The Morgan fingerprint density at radius 1 is 0.525 bits per heavy atom. The summed E-state index contributed by atoms with van der Waals surface area (Å²) in [5, 5.41) is 4.18. The predicted octanol–water partition coefficient (Wildman–Crippen LogP) is 14.9. The lowest BCUT2D eigenvalue weighted by Gasteiger charge is -2.23. The van der Waals surface area contributed by atoms with Gasteiger partial charge in [0.05, 0.1) is 0 Å². The smallest absolute Gasteiger partial charge is 0.306 e. The van der Waals surface area contributed by atoms with Gasteiger partial charge in [-0.15, -0.1) is 0 Å². The fourth-order valence-corrected chi connectivity index (χ4v) is 7.75. The molecular formula is C51H103N3O4S. The summed E-state index contributed by atoms with van der Waals surface area (Å²) in [4.78, 5) is 27.5. The minimum Gasteiger partial charge on any atom is -0.465 e. The molecule has 0 amide bonds. The van der Waals surface area contributed by atoms with Crippen molar-refractivity contribution in [1.29, 1.82) is 0 Å². The van der Waals surface area contributed by atoms with Crippen molar-refractivity contribution < 1.29 is 19.1 Å². The molecule has 0 bridgehead atoms. The highest BCUT2D eigenvalue weighted by molar-refractivity contribution is 7.80. The molecule has 0 aromatic heterocycles. The zero-order chi connectivity index (χ0) is 43.9. The van der Waals surface area contributed by atoms with Crippen LogP contribution in [0.5, 0.6) is 0 Å². The molecule has 0 fully saturated rings. The Hall–Kier alpha value is -1.41. The first-order valence-corrected chi connectivity index (χ1v) is 26.2. The largest absolute Gasteiger partial charge is 0.465 e. The van der Waals surface area contributed by atoms with Gasteiger partial charge >= 0.3 is 5.97 Å². The van der Waals surface area contributed by atoms with Gasteiger partial charge in [0.2, 0.25) is 0 Å². The van der Waals surface area contributed by atoms with Gasteiger partial charge in [-0.2, -0.15) is 0 Å². The summed E-state index contributed by atoms with van der Waals surface area (Å²) in [7, 11) is 3.98. The lowest BCUT2D eigenvalue weighted by atomic mass is 10.0. The summed E-state index contributed by atoms with van der Waals surface area (Å²) >= 11 is 5.35. The molecule has 8 heteroatoms. The van der Waals surface area contributed by atoms with Crippen LogP contribution in [-0.2, 0) is 19.1 Å². The van der Waals surface area contributed by atoms with Crippen LogP contribution in [0.15, 0.2) is 0 Å². The molecule has 0 rings (SSSR count). The van der Waals surface area contributed by atoms with Crippen LogP contribution in [0.2, 0.25) is 0 Å². The fourth-order valence-electron chi connectivity index (χ4n) is 7.65. The van der Waals surface area contributed by atoms with Crippen molar-refractivity contribution in [2.24, 2.45) is 0 Å². The summed E-state index contributed by atoms with van der Waals surface area (Å²) in [5.74, 6) is 0.0142. The molecule has 0 heterocycles. The van der Waals surface area contributed by atoms with Crippen molar-refractivity contribution in [3.63, 3.8) is 0 Å². The Bertz CT molecular complexity index is 860. The molecule has 1 N–H and O–H groups in total. The monoisotopic (exact) mass is 854 g/mol. The molecule has 0 saturated heterocycles. The van der Waals surface area contributed by atoms with Crippen LogP contribution in [-0.4, -0.2) is 79.8 Å². The molecule has 0 aliphatic rings. The van der Waals surface area contributed by atoms with Gasteiger partial charge in [0.25, 0.3) is 6.47 Å². The first-order valence-electron chi connectivity index (χ1n) is 25.7. The Labute approximate surface area is 374 Å². The topological polar surface area (TPSA) is 71.1 Å². The Morgan fingerprint density at radius 3 is 1.31 bits per heavy atom. The van der Waals surface area contributed by atoms with E-state index in [1.807, 2.05) is 19.0 Å². The van der Waals surface area contributed by atoms with Crippen molar-refractivity contribution in [2.45, 2.75) is 272 Å². The molecule has 0 aromatic rings. The number of ether oxygens (including phenoxy) is 2. The maximum Gasteiger partial charge on any atom is 0.306 e. The van der Waals surface area contributed by atoms with Crippen molar-refractivity contribution in [1.82, 2.24) is 15.1 Å². The maximum atomic E-state index is 12.3. The summed E-state index contributed by atoms with van der Waals surface area (Å²) in [6.45, 7) is 16.3. The molecule has 7 nitrogen and oxygen atoms in total. The van der Waals surface area contributed by atoms with Gasteiger partial charge in [0.1, 0.15) is 12.2 Å². The standard InChI is InChI=1S/C33H67N3O2S.C18H36O2/c1-6-9-11-13-16-20-25-31(8-3)38-32(37)26-21-17-15-19-23-29-36(28-22-18-14-12-10-7-2)30-24-27-34-33(39)35(4)5;1-3-5-7-9-11-13-15-18(20-17-19)16-14-12-10-8-6-4-2/h31H,6-30H2,1-5H3,(H,34,39);17-18H,3-16H2,1-2H3. The number of carbonyl (C=O) groups excluding carboxylic acids is 2. The number of nitrogens with one attached hydrogen (secondary N) is 1. The molecule has 1 unspecified atom stereocenters. The van der Waals surface area contributed by atoms with E-state index in [2.05, 4.69) is 44.8 Å². The molecule has 0 aliphatic heterocycles. The van der Waals surface area contributed by atoms with Crippen LogP contribution in [0, 0.1) is 0 Å². The number of rotatable bonds is 44. The van der Waals surface area contributed by atoms with Crippen LogP contribution in [0.3, 0.4) is 0 Å². The summed E-state index contributed by atoms with van der Waals surface area (Å²) < 4.78 is 11.0. The molecule has 0 aromatic carbocycles. The van der Waals surface area contributed by atoms with Crippen molar-refractivity contribution >= 4 is 29.8 Å². The lowest BCUT2D eigenvalue weighted by molar-refractivity contribution is -0.149. The average Bonchev–Trinajstić information content (AvgIpc) is 3.23. The molecule has 0 saturated carbocycles. The summed E-state index contributed by atoms with van der Waals surface area (Å²) in [6, 6.07) is 0. The molecule has 59 heavy (non-hydrogen) atoms. The Kier molecular flexibility index (Phi) is 49.8. The molecular weight excluding hydrogens is 751 g/mol. The second-order valence-corrected chi connectivity index (χ2v) is 18.0. The van der Waals surface area contributed by atoms with Crippen LogP contribution in [0.25, 0.3) is 0 Å². The van der Waals surface area contributed by atoms with E-state index in [0.717, 1.165) is 63.1 Å². The van der Waals surface area contributed by atoms with E-state index in [1.54, 1.807) is 0 Å². The first kappa shape index (κ1) is 59.7. The zero-order valence-corrected chi connectivity index (χ0v) is 41.6. The predicted molar refractivity (Wildman–Crippen MR) is 262 cm³/mol. The van der Waals surface area contributed by atoms with Crippen molar-refractivity contribution in [2.75, 3.05) is 40.3 Å². The number of hydrogen-bond acceptors (Lipinski definition) is 6. The van der Waals surface area contributed by atoms with Crippen LogP contribution < -0.4 is 5.32 Å². The van der Waals surface area contributed by atoms with E-state index < -0.39 is 0 Å². The highest BCUT2D eigenvalue weighted by Gasteiger charge is 2.13. The van der Waals surface area contributed by atoms with Crippen LogP contribution in [0.4, 0.5) is 0 Å². The van der Waals surface area contributed by atoms with E-state index in [-0.39, 0.29) is 18.2 Å². The number of hydrogen-bond donors (Lipinski definition) is 1. The van der Waals surface area contributed by atoms with E-state index in [4.69, 9.17) is 21.7 Å². The van der Waals surface area contributed by atoms with Gasteiger partial charge in [-0.25, -0.2) is 0 Å². The number of carbonyl (C=O) groups is 2. The summed E-state index contributed by atoms with van der Waals surface area (Å²) in [6.07, 6.45) is 43.4. The van der Waals surface area contributed by atoms with Crippen molar-refractivity contribution in [3.8, 4) is 0 Å². The molecule has 0 radical (unpaired) electrons. The SMILES string of the molecule is CCCCCCCCC(CC)OC(=O)CCCCCCCN(CCCCCCCC)CCCNC(=S)N(C)C.CCCCCCCCC(CCCCCCCC)OC=O. The lowest BCUT2D eigenvalue weighted by Crippen LogP contribution is -2.36. The molecule has 0 aliphatic carbocycles. The fraction of sp³-hybridized carbons (Fsp3) is 0.941. The minimum absolute atomic E-state index is 0.0142. The first-order chi connectivity index (χ1) is 28.8. The third kappa shape index (κ3) is 45.9. The van der Waals surface area contributed by atoms with Crippen molar-refractivity contribution in [3.05, 3.63) is 0 Å². The Balaban J connectivity index is 0. The summed E-state index contributed by atoms with van der Waals surface area (Å²) in [5.41, 5.74) is 0. The van der Waals surface area contributed by atoms with Gasteiger partial charge in [-0.3, -0.25) is 9.59 Å². The highest BCUT2D eigenvalue weighted by Crippen LogP contribution is 2.17. The second kappa shape index (κ2) is 49.2. The maximum absolute atomic E-state index is 12.3. The highest BCUT2D eigenvalue weighted by atomic mass is 32.1. The molecule has 352 valence electrons. The van der Waals surface area contributed by atoms with E-state index in [0.29, 0.717) is 12.9 Å². The van der Waals surface area contributed by atoms with Gasteiger partial charge in [-0.1, -0.05) is 182 Å².